The largest absolute Gasteiger partial charge is 0.352 e. The number of benzene rings is 1. The van der Waals surface area contributed by atoms with Crippen molar-refractivity contribution < 1.29 is 13.2 Å². The quantitative estimate of drug-likeness (QED) is 0.779. The lowest BCUT2D eigenvalue weighted by Gasteiger charge is -2.20. The molecule has 8 heteroatoms. The highest BCUT2D eigenvalue weighted by Gasteiger charge is 2.25. The van der Waals surface area contributed by atoms with Crippen LogP contribution in [0.5, 0.6) is 0 Å². The van der Waals surface area contributed by atoms with Crippen molar-refractivity contribution in [3.63, 3.8) is 0 Å². The summed E-state index contributed by atoms with van der Waals surface area (Å²) in [7, 11) is -3.54. The molecular weight excluding hydrogens is 362 g/mol. The maximum absolute atomic E-state index is 12.8. The third-order valence-corrected chi connectivity index (χ3v) is 6.08. The van der Waals surface area contributed by atoms with Gasteiger partial charge < -0.3 is 11.1 Å². The molecule has 1 atom stereocenters. The first-order chi connectivity index (χ1) is 11.4. The monoisotopic (exact) mass is 389 g/mol. The van der Waals surface area contributed by atoms with Crippen LogP contribution in [-0.4, -0.2) is 44.3 Å². The molecule has 1 aromatic rings. The van der Waals surface area contributed by atoms with E-state index in [9.17, 15) is 13.2 Å². The Balaban J connectivity index is 0.00000312. The minimum atomic E-state index is -3.54. The zero-order chi connectivity index (χ0) is 17.6. The van der Waals surface area contributed by atoms with Crippen LogP contribution in [0.4, 0.5) is 0 Å². The Morgan fingerprint density at radius 3 is 2.48 bits per heavy atom. The Morgan fingerprint density at radius 1 is 1.24 bits per heavy atom. The van der Waals surface area contributed by atoms with E-state index in [4.69, 9.17) is 5.73 Å². The maximum atomic E-state index is 12.8. The van der Waals surface area contributed by atoms with Gasteiger partial charge in [0.15, 0.2) is 0 Å². The van der Waals surface area contributed by atoms with E-state index < -0.39 is 10.0 Å². The Kier molecular flexibility index (Phi) is 8.85. The predicted molar refractivity (Wildman–Crippen MR) is 102 cm³/mol. The second-order valence-corrected chi connectivity index (χ2v) is 8.31. The van der Waals surface area contributed by atoms with Crippen LogP contribution in [0, 0.1) is 0 Å². The fraction of sp³-hybridized carbons (Fsp3) is 0.588. The fourth-order valence-electron chi connectivity index (χ4n) is 2.74. The van der Waals surface area contributed by atoms with E-state index in [1.54, 1.807) is 18.2 Å². The summed E-state index contributed by atoms with van der Waals surface area (Å²) in [5, 5.41) is 2.77. The SMILES string of the molecule is CC(N)CCNC(=O)c1cccc(S(=O)(=O)N2CCCCCC2)c1.Cl. The van der Waals surface area contributed by atoms with Gasteiger partial charge in [0.05, 0.1) is 4.90 Å². The van der Waals surface area contributed by atoms with Gasteiger partial charge in [0.25, 0.3) is 5.91 Å². The van der Waals surface area contributed by atoms with Crippen molar-refractivity contribution in [2.45, 2.75) is 50.0 Å². The van der Waals surface area contributed by atoms with Crippen molar-refractivity contribution >= 4 is 28.3 Å². The summed E-state index contributed by atoms with van der Waals surface area (Å²) in [6.07, 6.45) is 4.58. The molecule has 2 rings (SSSR count). The number of carbonyl (C=O) groups excluding carboxylic acids is 1. The van der Waals surface area contributed by atoms with Gasteiger partial charge in [-0.15, -0.1) is 12.4 Å². The molecule has 25 heavy (non-hydrogen) atoms. The second kappa shape index (κ2) is 10.1. The van der Waals surface area contributed by atoms with Gasteiger partial charge in [-0.25, -0.2) is 8.42 Å². The molecule has 0 aliphatic carbocycles. The van der Waals surface area contributed by atoms with Crippen LogP contribution in [0.3, 0.4) is 0 Å². The molecule has 1 heterocycles. The first-order valence-electron chi connectivity index (χ1n) is 8.55. The summed E-state index contributed by atoms with van der Waals surface area (Å²) in [5.41, 5.74) is 6.01. The van der Waals surface area contributed by atoms with E-state index in [0.717, 1.165) is 25.7 Å². The number of nitrogens with two attached hydrogens (primary N) is 1. The standard InChI is InChI=1S/C17H27N3O3S.ClH/c1-14(18)9-10-19-17(21)15-7-6-8-16(13-15)24(22,23)20-11-4-2-3-5-12-20;/h6-8,13-14H,2-5,9-12,18H2,1H3,(H,19,21);1H. The van der Waals surface area contributed by atoms with Crippen LogP contribution in [0.2, 0.25) is 0 Å². The van der Waals surface area contributed by atoms with Crippen molar-refractivity contribution in [2.24, 2.45) is 5.73 Å². The molecule has 1 aromatic carbocycles. The lowest BCUT2D eigenvalue weighted by molar-refractivity contribution is 0.0952. The van der Waals surface area contributed by atoms with Gasteiger partial charge in [-0.3, -0.25) is 4.79 Å². The summed E-state index contributed by atoms with van der Waals surface area (Å²) in [6.45, 7) is 3.44. The third-order valence-electron chi connectivity index (χ3n) is 4.18. The summed E-state index contributed by atoms with van der Waals surface area (Å²) in [4.78, 5) is 12.4. The van der Waals surface area contributed by atoms with Crippen LogP contribution < -0.4 is 11.1 Å². The Hall–Kier alpha value is -1.15. The first-order valence-corrected chi connectivity index (χ1v) is 9.99. The van der Waals surface area contributed by atoms with Crippen molar-refractivity contribution in [1.29, 1.82) is 0 Å². The molecule has 0 aromatic heterocycles. The lowest BCUT2D eigenvalue weighted by Crippen LogP contribution is -2.32. The molecule has 0 spiro atoms. The van der Waals surface area contributed by atoms with Crippen molar-refractivity contribution in [3.8, 4) is 0 Å². The molecule has 0 radical (unpaired) electrons. The first kappa shape index (κ1) is 21.9. The van der Waals surface area contributed by atoms with Crippen molar-refractivity contribution in [2.75, 3.05) is 19.6 Å². The minimum absolute atomic E-state index is 0. The summed E-state index contributed by atoms with van der Waals surface area (Å²) in [5.74, 6) is -0.274. The van der Waals surface area contributed by atoms with Gasteiger partial charge in [-0.2, -0.15) is 4.31 Å². The molecule has 1 amide bonds. The number of sulfonamides is 1. The average Bonchev–Trinajstić information content (AvgIpc) is 2.84. The highest BCUT2D eigenvalue weighted by atomic mass is 35.5. The molecule has 3 N–H and O–H groups in total. The summed E-state index contributed by atoms with van der Waals surface area (Å²) in [6, 6.07) is 6.27. The molecule has 6 nitrogen and oxygen atoms in total. The van der Waals surface area contributed by atoms with E-state index in [0.29, 0.717) is 31.6 Å². The molecule has 1 saturated heterocycles. The molecule has 1 fully saturated rings. The molecule has 1 unspecified atom stereocenters. The van der Waals surface area contributed by atoms with Crippen LogP contribution >= 0.6 is 12.4 Å². The highest BCUT2D eigenvalue weighted by Crippen LogP contribution is 2.21. The predicted octanol–water partition coefficient (Wildman–Crippen LogP) is 2.14. The van der Waals surface area contributed by atoms with Gasteiger partial charge in [0.2, 0.25) is 10.0 Å². The lowest BCUT2D eigenvalue weighted by atomic mass is 10.2. The van der Waals surface area contributed by atoms with Crippen LogP contribution in [0.15, 0.2) is 29.2 Å². The average molecular weight is 390 g/mol. The Labute approximate surface area is 156 Å². The van der Waals surface area contributed by atoms with Crippen LogP contribution in [0.25, 0.3) is 0 Å². The van der Waals surface area contributed by atoms with Gasteiger partial charge in [0.1, 0.15) is 0 Å². The van der Waals surface area contributed by atoms with Crippen molar-refractivity contribution in [3.05, 3.63) is 29.8 Å². The van der Waals surface area contributed by atoms with E-state index in [1.807, 2.05) is 6.92 Å². The third kappa shape index (κ3) is 6.26. The fourth-order valence-corrected chi connectivity index (χ4v) is 4.31. The molecule has 1 aliphatic heterocycles. The van der Waals surface area contributed by atoms with Gasteiger partial charge in [-0.1, -0.05) is 18.9 Å². The number of nitrogens with one attached hydrogen (secondary N) is 1. The molecule has 0 bridgehead atoms. The summed E-state index contributed by atoms with van der Waals surface area (Å²) >= 11 is 0. The van der Waals surface area contributed by atoms with Crippen molar-refractivity contribution in [1.82, 2.24) is 9.62 Å². The number of nitrogens with zero attached hydrogens (tertiary/aromatic N) is 1. The van der Waals surface area contributed by atoms with E-state index in [1.165, 1.54) is 10.4 Å². The number of hydrogen-bond acceptors (Lipinski definition) is 4. The number of halogens is 1. The summed E-state index contributed by atoms with van der Waals surface area (Å²) < 4.78 is 27.1. The zero-order valence-corrected chi connectivity index (χ0v) is 16.2. The second-order valence-electron chi connectivity index (χ2n) is 6.37. The normalized spacial score (nSPS) is 17.2. The molecule has 142 valence electrons. The Bertz CT molecular complexity index is 657. The molecule has 0 saturated carbocycles. The van der Waals surface area contributed by atoms with Crippen LogP contribution in [-0.2, 0) is 10.0 Å². The topological polar surface area (TPSA) is 92.5 Å². The molecule has 1 aliphatic rings. The molecular formula is C17H28ClN3O3S. The van der Waals surface area contributed by atoms with Gasteiger partial charge in [-0.05, 0) is 44.4 Å². The number of hydrogen-bond donors (Lipinski definition) is 2. The van der Waals surface area contributed by atoms with E-state index >= 15 is 0 Å². The number of rotatable bonds is 6. The van der Waals surface area contributed by atoms with Gasteiger partial charge in [0, 0.05) is 31.2 Å². The van der Waals surface area contributed by atoms with Gasteiger partial charge >= 0.3 is 0 Å². The van der Waals surface area contributed by atoms with E-state index in [2.05, 4.69) is 5.32 Å². The highest BCUT2D eigenvalue weighted by molar-refractivity contribution is 7.89. The minimum Gasteiger partial charge on any atom is -0.352 e. The zero-order valence-electron chi connectivity index (χ0n) is 14.6. The number of amides is 1. The Morgan fingerprint density at radius 2 is 1.88 bits per heavy atom. The maximum Gasteiger partial charge on any atom is 0.251 e. The van der Waals surface area contributed by atoms with E-state index in [-0.39, 0.29) is 29.3 Å². The smallest absolute Gasteiger partial charge is 0.251 e. The van der Waals surface area contributed by atoms with Crippen LogP contribution in [0.1, 0.15) is 49.4 Å². The number of carbonyl (C=O) groups is 1.